The lowest BCUT2D eigenvalue weighted by atomic mass is 9.91. The summed E-state index contributed by atoms with van der Waals surface area (Å²) in [5.41, 5.74) is 6.31. The van der Waals surface area contributed by atoms with E-state index in [1.54, 1.807) is 6.92 Å². The van der Waals surface area contributed by atoms with Gasteiger partial charge in [-0.1, -0.05) is 13.0 Å². The van der Waals surface area contributed by atoms with Crippen molar-refractivity contribution in [3.05, 3.63) is 34.9 Å². The molecule has 0 aliphatic heterocycles. The van der Waals surface area contributed by atoms with E-state index in [0.29, 0.717) is 5.56 Å². The minimum Gasteiger partial charge on any atom is -0.323 e. The van der Waals surface area contributed by atoms with Crippen molar-refractivity contribution in [3.8, 4) is 0 Å². The van der Waals surface area contributed by atoms with Crippen molar-refractivity contribution < 1.29 is 8.78 Å². The standard InChI is InChI=1S/C12H15F2N/c1-7-3-4-8(13)9(10(7)14)11(15)12(2)5-6-12/h3-4,11H,5-6,15H2,1-2H3. The van der Waals surface area contributed by atoms with Crippen LogP contribution in [0.25, 0.3) is 0 Å². The molecular weight excluding hydrogens is 196 g/mol. The van der Waals surface area contributed by atoms with Crippen molar-refractivity contribution in [2.45, 2.75) is 32.7 Å². The third kappa shape index (κ3) is 1.65. The van der Waals surface area contributed by atoms with Gasteiger partial charge in [-0.3, -0.25) is 0 Å². The minimum atomic E-state index is -0.530. The van der Waals surface area contributed by atoms with E-state index < -0.39 is 17.7 Å². The molecule has 0 saturated heterocycles. The molecule has 2 N–H and O–H groups in total. The molecule has 0 radical (unpaired) electrons. The number of nitrogens with two attached hydrogens (primary N) is 1. The first-order chi connectivity index (χ1) is 6.96. The van der Waals surface area contributed by atoms with Gasteiger partial charge in [-0.25, -0.2) is 8.78 Å². The van der Waals surface area contributed by atoms with E-state index in [0.717, 1.165) is 12.8 Å². The number of benzene rings is 1. The molecule has 15 heavy (non-hydrogen) atoms. The van der Waals surface area contributed by atoms with Crippen molar-refractivity contribution in [1.82, 2.24) is 0 Å². The van der Waals surface area contributed by atoms with Gasteiger partial charge in [-0.2, -0.15) is 0 Å². The monoisotopic (exact) mass is 211 g/mol. The first kappa shape index (κ1) is 10.6. The Morgan fingerprint density at radius 1 is 1.33 bits per heavy atom. The zero-order valence-electron chi connectivity index (χ0n) is 8.98. The summed E-state index contributed by atoms with van der Waals surface area (Å²) < 4.78 is 27.3. The van der Waals surface area contributed by atoms with Gasteiger partial charge in [0.05, 0.1) is 0 Å². The fourth-order valence-corrected chi connectivity index (χ4v) is 1.82. The molecule has 1 fully saturated rings. The highest BCUT2D eigenvalue weighted by molar-refractivity contribution is 5.31. The molecule has 2 rings (SSSR count). The molecule has 0 spiro atoms. The van der Waals surface area contributed by atoms with E-state index in [1.807, 2.05) is 6.92 Å². The van der Waals surface area contributed by atoms with Gasteiger partial charge < -0.3 is 5.73 Å². The van der Waals surface area contributed by atoms with Crippen molar-refractivity contribution in [3.63, 3.8) is 0 Å². The normalized spacial score (nSPS) is 20.1. The SMILES string of the molecule is Cc1ccc(F)c(C(N)C2(C)CC2)c1F. The largest absolute Gasteiger partial charge is 0.323 e. The van der Waals surface area contributed by atoms with E-state index in [4.69, 9.17) is 5.73 Å². The van der Waals surface area contributed by atoms with Gasteiger partial charge in [0.2, 0.25) is 0 Å². The molecule has 3 heteroatoms. The fraction of sp³-hybridized carbons (Fsp3) is 0.500. The van der Waals surface area contributed by atoms with Gasteiger partial charge >= 0.3 is 0 Å². The van der Waals surface area contributed by atoms with Crippen LogP contribution >= 0.6 is 0 Å². The number of aryl methyl sites for hydroxylation is 1. The zero-order valence-corrected chi connectivity index (χ0v) is 8.98. The average molecular weight is 211 g/mol. The van der Waals surface area contributed by atoms with Crippen LogP contribution in [0.15, 0.2) is 12.1 Å². The van der Waals surface area contributed by atoms with Crippen LogP contribution < -0.4 is 5.73 Å². The molecule has 0 heterocycles. The molecule has 82 valence electrons. The van der Waals surface area contributed by atoms with Crippen molar-refractivity contribution >= 4 is 0 Å². The quantitative estimate of drug-likeness (QED) is 0.799. The maximum atomic E-state index is 13.8. The van der Waals surface area contributed by atoms with Gasteiger partial charge in [0.25, 0.3) is 0 Å². The molecule has 1 aromatic carbocycles. The van der Waals surface area contributed by atoms with Gasteiger partial charge in [-0.15, -0.1) is 0 Å². The molecule has 1 aromatic rings. The summed E-state index contributed by atoms with van der Waals surface area (Å²) >= 11 is 0. The topological polar surface area (TPSA) is 26.0 Å². The Hall–Kier alpha value is -0.960. The molecule has 0 amide bonds. The maximum Gasteiger partial charge on any atom is 0.133 e. The van der Waals surface area contributed by atoms with Gasteiger partial charge in [0.15, 0.2) is 0 Å². The van der Waals surface area contributed by atoms with E-state index in [1.165, 1.54) is 12.1 Å². The highest BCUT2D eigenvalue weighted by atomic mass is 19.1. The first-order valence-electron chi connectivity index (χ1n) is 5.16. The summed E-state index contributed by atoms with van der Waals surface area (Å²) in [4.78, 5) is 0. The summed E-state index contributed by atoms with van der Waals surface area (Å²) in [5, 5.41) is 0. The summed E-state index contributed by atoms with van der Waals surface area (Å²) in [5.74, 6) is -1.02. The molecule has 1 aliphatic rings. The Morgan fingerprint density at radius 2 is 1.93 bits per heavy atom. The van der Waals surface area contributed by atoms with Crippen LogP contribution in [0, 0.1) is 24.0 Å². The third-order valence-corrected chi connectivity index (χ3v) is 3.42. The Morgan fingerprint density at radius 3 is 2.47 bits per heavy atom. The molecule has 0 aromatic heterocycles. The zero-order chi connectivity index (χ0) is 11.2. The molecule has 1 unspecified atom stereocenters. The molecule has 0 bridgehead atoms. The second kappa shape index (κ2) is 3.27. The molecule has 1 atom stereocenters. The predicted octanol–water partition coefficient (Wildman–Crippen LogP) is 3.07. The molecular formula is C12H15F2N. The van der Waals surface area contributed by atoms with Crippen LogP contribution in [0.4, 0.5) is 8.78 Å². The van der Waals surface area contributed by atoms with Crippen LogP contribution in [0.2, 0.25) is 0 Å². The highest BCUT2D eigenvalue weighted by Gasteiger charge is 2.45. The van der Waals surface area contributed by atoms with Crippen LogP contribution in [0.5, 0.6) is 0 Å². The molecule has 1 saturated carbocycles. The van der Waals surface area contributed by atoms with Crippen LogP contribution in [0.3, 0.4) is 0 Å². The Labute approximate surface area is 88.3 Å². The number of hydrogen-bond acceptors (Lipinski definition) is 1. The van der Waals surface area contributed by atoms with Crippen molar-refractivity contribution in [2.75, 3.05) is 0 Å². The molecule has 1 nitrogen and oxygen atoms in total. The smallest absolute Gasteiger partial charge is 0.133 e. The van der Waals surface area contributed by atoms with E-state index in [2.05, 4.69) is 0 Å². The first-order valence-corrected chi connectivity index (χ1v) is 5.16. The Bertz CT molecular complexity index is 397. The van der Waals surface area contributed by atoms with Crippen molar-refractivity contribution in [2.24, 2.45) is 11.1 Å². The second-order valence-electron chi connectivity index (χ2n) is 4.72. The molecule has 1 aliphatic carbocycles. The van der Waals surface area contributed by atoms with E-state index >= 15 is 0 Å². The van der Waals surface area contributed by atoms with E-state index in [-0.39, 0.29) is 11.0 Å². The lowest BCUT2D eigenvalue weighted by Gasteiger charge is -2.21. The van der Waals surface area contributed by atoms with Gasteiger partial charge in [0, 0.05) is 11.6 Å². The van der Waals surface area contributed by atoms with Crippen LogP contribution in [-0.2, 0) is 0 Å². The Balaban J connectivity index is 2.47. The van der Waals surface area contributed by atoms with Crippen molar-refractivity contribution in [1.29, 1.82) is 0 Å². The second-order valence-corrected chi connectivity index (χ2v) is 4.72. The number of hydrogen-bond donors (Lipinski definition) is 1. The number of rotatable bonds is 2. The number of halogens is 2. The summed E-state index contributed by atoms with van der Waals surface area (Å²) in [6.45, 7) is 3.60. The van der Waals surface area contributed by atoms with Crippen LogP contribution in [-0.4, -0.2) is 0 Å². The maximum absolute atomic E-state index is 13.8. The van der Waals surface area contributed by atoms with Gasteiger partial charge in [-0.05, 0) is 36.8 Å². The summed E-state index contributed by atoms with van der Waals surface area (Å²) in [7, 11) is 0. The average Bonchev–Trinajstić information content (AvgIpc) is 2.92. The van der Waals surface area contributed by atoms with Crippen LogP contribution in [0.1, 0.15) is 36.9 Å². The Kier molecular flexibility index (Phi) is 2.30. The minimum absolute atomic E-state index is 0.0509. The van der Waals surface area contributed by atoms with Gasteiger partial charge in [0.1, 0.15) is 11.6 Å². The van der Waals surface area contributed by atoms with E-state index in [9.17, 15) is 8.78 Å². The summed E-state index contributed by atoms with van der Waals surface area (Å²) in [6, 6.07) is 2.20. The fourth-order valence-electron chi connectivity index (χ4n) is 1.82. The lowest BCUT2D eigenvalue weighted by Crippen LogP contribution is -2.23. The highest BCUT2D eigenvalue weighted by Crippen LogP contribution is 2.54. The summed E-state index contributed by atoms with van der Waals surface area (Å²) in [6.07, 6.45) is 1.89. The lowest BCUT2D eigenvalue weighted by molar-refractivity contribution is 0.410. The third-order valence-electron chi connectivity index (χ3n) is 3.42. The predicted molar refractivity (Wildman–Crippen MR) is 55.4 cm³/mol.